The second-order valence-electron chi connectivity index (χ2n) is 8.05. The van der Waals surface area contributed by atoms with Gasteiger partial charge in [-0.15, -0.1) is 27.0 Å². The number of carbonyl (C=O) groups is 2. The van der Waals surface area contributed by atoms with Gasteiger partial charge in [-0.1, -0.05) is 62.1 Å². The van der Waals surface area contributed by atoms with Crippen LogP contribution in [0.3, 0.4) is 0 Å². The van der Waals surface area contributed by atoms with Gasteiger partial charge < -0.3 is 9.88 Å². The van der Waals surface area contributed by atoms with Crippen molar-refractivity contribution in [3.63, 3.8) is 0 Å². The summed E-state index contributed by atoms with van der Waals surface area (Å²) in [5, 5.41) is 23.5. The number of amides is 2. The molecule has 9 nitrogen and oxygen atoms in total. The molecule has 2 heterocycles. The number of aryl methyl sites for hydroxylation is 1. The first-order chi connectivity index (χ1) is 16.7. The lowest BCUT2D eigenvalue weighted by atomic mass is 10.0. The Hall–Kier alpha value is -3.12. The Morgan fingerprint density at radius 1 is 1.23 bits per heavy atom. The maximum absolute atomic E-state index is 14.2. The zero-order valence-corrected chi connectivity index (χ0v) is 21.6. The highest BCUT2D eigenvalue weighted by atomic mass is 32.2. The fourth-order valence-electron chi connectivity index (χ4n) is 3.29. The molecule has 2 unspecified atom stereocenters. The summed E-state index contributed by atoms with van der Waals surface area (Å²) in [5.74, 6) is -0.915. The molecule has 2 amide bonds. The number of benzene rings is 1. The van der Waals surface area contributed by atoms with Gasteiger partial charge in [0.25, 0.3) is 5.91 Å². The lowest BCUT2D eigenvalue weighted by molar-refractivity contribution is -0.115. The number of rotatable bonds is 11. The van der Waals surface area contributed by atoms with E-state index in [4.69, 9.17) is 0 Å². The molecule has 0 fully saturated rings. The Morgan fingerprint density at radius 3 is 2.57 bits per heavy atom. The number of nitrogens with one attached hydrogen (secondary N) is 2. The highest BCUT2D eigenvalue weighted by Crippen LogP contribution is 2.30. The van der Waals surface area contributed by atoms with Gasteiger partial charge in [-0.3, -0.25) is 14.9 Å². The number of halogens is 1. The quantitative estimate of drug-likeness (QED) is 0.286. The fourth-order valence-corrected chi connectivity index (χ4v) is 4.86. The number of nitrogens with zero attached hydrogens (tertiary/aromatic N) is 5. The van der Waals surface area contributed by atoms with Gasteiger partial charge in [0.1, 0.15) is 10.8 Å². The Kier molecular flexibility index (Phi) is 9.10. The summed E-state index contributed by atoms with van der Waals surface area (Å²) in [6, 6.07) is 5.27. The van der Waals surface area contributed by atoms with Crippen LogP contribution < -0.4 is 10.6 Å². The van der Waals surface area contributed by atoms with E-state index in [0.717, 1.165) is 5.01 Å². The average Bonchev–Trinajstić information content (AvgIpc) is 3.41. The first kappa shape index (κ1) is 26.5. The zero-order chi connectivity index (χ0) is 25.5. The van der Waals surface area contributed by atoms with Crippen LogP contribution in [-0.4, -0.2) is 42.0 Å². The molecule has 1 aromatic carbocycles. The normalized spacial score (nSPS) is 12.9. The second-order valence-corrected chi connectivity index (χ2v) is 10.4. The van der Waals surface area contributed by atoms with Gasteiger partial charge in [0.2, 0.25) is 11.0 Å². The molecule has 3 rings (SSSR count). The molecule has 0 radical (unpaired) electrons. The molecule has 0 bridgehead atoms. The van der Waals surface area contributed by atoms with Crippen molar-refractivity contribution >= 4 is 40.0 Å². The van der Waals surface area contributed by atoms with Crippen molar-refractivity contribution in [2.45, 2.75) is 57.1 Å². The smallest absolute Gasteiger partial charge is 0.254 e. The predicted octanol–water partition coefficient (Wildman–Crippen LogP) is 4.40. The van der Waals surface area contributed by atoms with E-state index in [2.05, 4.69) is 37.6 Å². The predicted molar refractivity (Wildman–Crippen MR) is 135 cm³/mol. The number of anilines is 1. The minimum absolute atomic E-state index is 0.0443. The van der Waals surface area contributed by atoms with Crippen LogP contribution in [0.5, 0.6) is 0 Å². The van der Waals surface area contributed by atoms with E-state index in [1.807, 2.05) is 32.3 Å². The van der Waals surface area contributed by atoms with Crippen molar-refractivity contribution < 1.29 is 14.0 Å². The molecule has 0 saturated heterocycles. The Labute approximate surface area is 211 Å². The van der Waals surface area contributed by atoms with Crippen molar-refractivity contribution in [3.8, 4) is 0 Å². The summed E-state index contributed by atoms with van der Waals surface area (Å²) in [4.78, 5) is 25.7. The second kappa shape index (κ2) is 12.0. The van der Waals surface area contributed by atoms with E-state index in [9.17, 15) is 14.0 Å². The lowest BCUT2D eigenvalue weighted by Crippen LogP contribution is -2.34. The summed E-state index contributed by atoms with van der Waals surface area (Å²) < 4.78 is 16.0. The van der Waals surface area contributed by atoms with Crippen LogP contribution in [0.15, 0.2) is 42.1 Å². The molecule has 0 spiro atoms. The standard InChI is InChI=1S/C23H28FN7O2S2/c1-6-12-31-19(18(13(3)4)25-20(32)15-10-8-9-11-16(15)24)28-30-23(31)35-17(7-2)21(33)26-22-29-27-14(5)34-22/h6,8-11,13,17-18H,1,7,12H2,2-5H3,(H,25,32)(H,26,29,33). The van der Waals surface area contributed by atoms with Gasteiger partial charge in [0, 0.05) is 6.54 Å². The van der Waals surface area contributed by atoms with Gasteiger partial charge in [0.15, 0.2) is 11.0 Å². The van der Waals surface area contributed by atoms with Crippen LogP contribution in [0.1, 0.15) is 54.4 Å². The third-order valence-electron chi connectivity index (χ3n) is 5.07. The number of aromatic nitrogens is 5. The molecule has 3 aromatic rings. The van der Waals surface area contributed by atoms with Crippen LogP contribution in [0.2, 0.25) is 0 Å². The Morgan fingerprint density at radius 2 is 1.97 bits per heavy atom. The molecule has 0 aliphatic rings. The van der Waals surface area contributed by atoms with Gasteiger partial charge in [-0.05, 0) is 31.4 Å². The van der Waals surface area contributed by atoms with E-state index in [1.54, 1.807) is 12.1 Å². The van der Waals surface area contributed by atoms with Gasteiger partial charge in [-0.2, -0.15) is 0 Å². The highest BCUT2D eigenvalue weighted by Gasteiger charge is 2.29. The summed E-state index contributed by atoms with van der Waals surface area (Å²) in [7, 11) is 0. The number of carbonyl (C=O) groups excluding carboxylic acids is 2. The van der Waals surface area contributed by atoms with Gasteiger partial charge >= 0.3 is 0 Å². The topological polar surface area (TPSA) is 115 Å². The number of hydrogen-bond donors (Lipinski definition) is 2. The fraction of sp³-hybridized carbons (Fsp3) is 0.391. The van der Waals surface area contributed by atoms with E-state index in [1.165, 1.54) is 41.3 Å². The Bertz CT molecular complexity index is 1190. The molecular formula is C23H28FN7O2S2. The molecule has 186 valence electrons. The maximum atomic E-state index is 14.2. The third kappa shape index (κ3) is 6.51. The monoisotopic (exact) mass is 517 g/mol. The van der Waals surface area contributed by atoms with Crippen LogP contribution in [0, 0.1) is 18.7 Å². The van der Waals surface area contributed by atoms with Gasteiger partial charge in [-0.25, -0.2) is 4.39 Å². The van der Waals surface area contributed by atoms with Crippen LogP contribution in [0.25, 0.3) is 0 Å². The van der Waals surface area contributed by atoms with Crippen LogP contribution >= 0.6 is 23.1 Å². The van der Waals surface area contributed by atoms with Crippen molar-refractivity contribution in [1.82, 2.24) is 30.3 Å². The first-order valence-electron chi connectivity index (χ1n) is 11.1. The molecule has 2 aromatic heterocycles. The van der Waals surface area contributed by atoms with Crippen molar-refractivity contribution in [1.29, 1.82) is 0 Å². The zero-order valence-electron chi connectivity index (χ0n) is 20.0. The lowest BCUT2D eigenvalue weighted by Gasteiger charge is -2.23. The van der Waals surface area contributed by atoms with Crippen molar-refractivity contribution in [2.75, 3.05) is 5.32 Å². The highest BCUT2D eigenvalue weighted by molar-refractivity contribution is 8.00. The number of thioether (sulfide) groups is 1. The molecule has 2 atom stereocenters. The van der Waals surface area contributed by atoms with E-state index < -0.39 is 23.0 Å². The number of hydrogen-bond acceptors (Lipinski definition) is 8. The largest absolute Gasteiger partial charge is 0.342 e. The van der Waals surface area contributed by atoms with Gasteiger partial charge in [0.05, 0.1) is 16.9 Å². The van der Waals surface area contributed by atoms with Crippen LogP contribution in [0.4, 0.5) is 9.52 Å². The maximum Gasteiger partial charge on any atom is 0.254 e. The molecule has 2 N–H and O–H groups in total. The third-order valence-corrected chi connectivity index (χ3v) is 7.17. The number of allylic oxidation sites excluding steroid dienone is 1. The molecule has 12 heteroatoms. The van der Waals surface area contributed by atoms with Crippen LogP contribution in [-0.2, 0) is 11.3 Å². The SMILES string of the molecule is C=CCn1c(SC(CC)C(=O)Nc2nnc(C)s2)nnc1C(NC(=O)c1ccccc1F)C(C)C. The summed E-state index contributed by atoms with van der Waals surface area (Å²) in [6.07, 6.45) is 2.24. The molecule has 0 saturated carbocycles. The Balaban J connectivity index is 1.84. The summed E-state index contributed by atoms with van der Waals surface area (Å²) in [6.45, 7) is 11.8. The van der Waals surface area contributed by atoms with E-state index in [0.29, 0.717) is 29.1 Å². The minimum atomic E-state index is -0.598. The van der Waals surface area contributed by atoms with Crippen molar-refractivity contribution in [3.05, 3.63) is 59.1 Å². The summed E-state index contributed by atoms with van der Waals surface area (Å²) in [5.41, 5.74) is -0.0443. The molecular weight excluding hydrogens is 489 g/mol. The molecule has 35 heavy (non-hydrogen) atoms. The van der Waals surface area contributed by atoms with Crippen molar-refractivity contribution in [2.24, 2.45) is 5.92 Å². The van der Waals surface area contributed by atoms with E-state index >= 15 is 0 Å². The molecule has 0 aliphatic carbocycles. The summed E-state index contributed by atoms with van der Waals surface area (Å²) >= 11 is 2.57. The minimum Gasteiger partial charge on any atom is -0.342 e. The first-order valence-corrected chi connectivity index (χ1v) is 12.8. The average molecular weight is 518 g/mol. The molecule has 0 aliphatic heterocycles. The van der Waals surface area contributed by atoms with E-state index in [-0.39, 0.29) is 17.4 Å².